The summed E-state index contributed by atoms with van der Waals surface area (Å²) in [5.41, 5.74) is 1.26. The second-order valence-electron chi connectivity index (χ2n) is 5.19. The maximum atomic E-state index is 13.9. The van der Waals surface area contributed by atoms with Crippen LogP contribution >= 0.6 is 0 Å². The standard InChI is InChI=1S/C15H20FNO2/c16-13-10-11(7-9-15(18)19)6-8-14(13)17-12-4-2-1-3-5-12/h6,8,10,12,17H,1-5,7,9H2,(H,18,19). The van der Waals surface area contributed by atoms with Crippen LogP contribution in [0.15, 0.2) is 18.2 Å². The fraction of sp³-hybridized carbons (Fsp3) is 0.533. The monoisotopic (exact) mass is 265 g/mol. The number of benzene rings is 1. The van der Waals surface area contributed by atoms with E-state index in [-0.39, 0.29) is 12.2 Å². The lowest BCUT2D eigenvalue weighted by atomic mass is 9.95. The predicted octanol–water partition coefficient (Wildman–Crippen LogP) is 3.59. The van der Waals surface area contributed by atoms with Gasteiger partial charge >= 0.3 is 5.97 Å². The van der Waals surface area contributed by atoms with Crippen LogP contribution in [0.5, 0.6) is 0 Å². The number of carboxylic acids is 1. The van der Waals surface area contributed by atoms with Crippen LogP contribution in [-0.2, 0) is 11.2 Å². The number of rotatable bonds is 5. The van der Waals surface area contributed by atoms with Crippen LogP contribution in [0.2, 0.25) is 0 Å². The molecule has 0 aromatic heterocycles. The van der Waals surface area contributed by atoms with Gasteiger partial charge in [0.25, 0.3) is 0 Å². The molecule has 0 radical (unpaired) electrons. The highest BCUT2D eigenvalue weighted by molar-refractivity contribution is 5.67. The number of anilines is 1. The van der Waals surface area contributed by atoms with Crippen molar-refractivity contribution in [2.24, 2.45) is 0 Å². The molecule has 0 saturated heterocycles. The van der Waals surface area contributed by atoms with Crippen molar-refractivity contribution in [3.63, 3.8) is 0 Å². The van der Waals surface area contributed by atoms with Gasteiger partial charge in [-0.3, -0.25) is 4.79 Å². The van der Waals surface area contributed by atoms with E-state index in [1.165, 1.54) is 25.3 Å². The quantitative estimate of drug-likeness (QED) is 0.855. The highest BCUT2D eigenvalue weighted by Gasteiger charge is 2.14. The zero-order valence-corrected chi connectivity index (χ0v) is 11.0. The normalized spacial score (nSPS) is 16.3. The topological polar surface area (TPSA) is 49.3 Å². The van der Waals surface area contributed by atoms with E-state index < -0.39 is 5.97 Å². The lowest BCUT2D eigenvalue weighted by Crippen LogP contribution is -2.22. The van der Waals surface area contributed by atoms with Crippen molar-refractivity contribution in [1.29, 1.82) is 0 Å². The summed E-state index contributed by atoms with van der Waals surface area (Å²) in [5, 5.41) is 11.9. The smallest absolute Gasteiger partial charge is 0.303 e. The molecule has 3 nitrogen and oxygen atoms in total. The van der Waals surface area contributed by atoms with E-state index in [0.717, 1.165) is 18.4 Å². The molecule has 0 bridgehead atoms. The van der Waals surface area contributed by atoms with Crippen LogP contribution in [0.25, 0.3) is 0 Å². The van der Waals surface area contributed by atoms with Gasteiger partial charge in [0, 0.05) is 12.5 Å². The molecule has 1 aliphatic carbocycles. The summed E-state index contributed by atoms with van der Waals surface area (Å²) in [4.78, 5) is 10.5. The van der Waals surface area contributed by atoms with Crippen molar-refractivity contribution in [2.45, 2.75) is 51.0 Å². The second kappa shape index (κ2) is 6.55. The van der Waals surface area contributed by atoms with Crippen LogP contribution in [0.4, 0.5) is 10.1 Å². The van der Waals surface area contributed by atoms with Crippen molar-refractivity contribution in [3.8, 4) is 0 Å². The third-order valence-corrected chi connectivity index (χ3v) is 3.63. The third kappa shape index (κ3) is 4.23. The molecule has 1 aliphatic rings. The Hall–Kier alpha value is -1.58. The summed E-state index contributed by atoms with van der Waals surface area (Å²) in [6.45, 7) is 0. The first kappa shape index (κ1) is 13.8. The number of carboxylic acid groups (broad SMARTS) is 1. The lowest BCUT2D eigenvalue weighted by molar-refractivity contribution is -0.136. The van der Waals surface area contributed by atoms with Crippen LogP contribution in [-0.4, -0.2) is 17.1 Å². The number of nitrogens with one attached hydrogen (secondary N) is 1. The molecule has 0 heterocycles. The Morgan fingerprint density at radius 2 is 2.05 bits per heavy atom. The van der Waals surface area contributed by atoms with E-state index in [4.69, 9.17) is 5.11 Å². The Balaban J connectivity index is 1.96. The molecular formula is C15H20FNO2. The van der Waals surface area contributed by atoms with Gasteiger partial charge in [0.15, 0.2) is 0 Å². The van der Waals surface area contributed by atoms with Gasteiger partial charge in [0.2, 0.25) is 0 Å². The number of aryl methyl sites for hydroxylation is 1. The lowest BCUT2D eigenvalue weighted by Gasteiger charge is -2.24. The largest absolute Gasteiger partial charge is 0.481 e. The van der Waals surface area contributed by atoms with Gasteiger partial charge in [-0.1, -0.05) is 25.3 Å². The first-order chi connectivity index (χ1) is 9.15. The summed E-state index contributed by atoms with van der Waals surface area (Å²) in [7, 11) is 0. The molecule has 104 valence electrons. The van der Waals surface area contributed by atoms with E-state index in [1.54, 1.807) is 12.1 Å². The molecule has 2 rings (SSSR count). The first-order valence-corrected chi connectivity index (χ1v) is 6.92. The van der Waals surface area contributed by atoms with Crippen LogP contribution in [0.1, 0.15) is 44.1 Å². The molecular weight excluding hydrogens is 245 g/mol. The van der Waals surface area contributed by atoms with E-state index in [0.29, 0.717) is 18.2 Å². The molecule has 1 saturated carbocycles. The number of halogens is 1. The van der Waals surface area contributed by atoms with Crippen molar-refractivity contribution >= 4 is 11.7 Å². The molecule has 0 unspecified atom stereocenters. The zero-order chi connectivity index (χ0) is 13.7. The molecule has 19 heavy (non-hydrogen) atoms. The van der Waals surface area contributed by atoms with Crippen molar-refractivity contribution in [2.75, 3.05) is 5.32 Å². The third-order valence-electron chi connectivity index (χ3n) is 3.63. The number of hydrogen-bond acceptors (Lipinski definition) is 2. The maximum Gasteiger partial charge on any atom is 0.303 e. The molecule has 2 N–H and O–H groups in total. The molecule has 1 aromatic carbocycles. The van der Waals surface area contributed by atoms with Gasteiger partial charge in [-0.15, -0.1) is 0 Å². The van der Waals surface area contributed by atoms with Gasteiger partial charge in [-0.25, -0.2) is 4.39 Å². The molecule has 0 aliphatic heterocycles. The number of hydrogen-bond donors (Lipinski definition) is 2. The molecule has 0 spiro atoms. The molecule has 1 aromatic rings. The average molecular weight is 265 g/mol. The van der Waals surface area contributed by atoms with Gasteiger partial charge < -0.3 is 10.4 Å². The van der Waals surface area contributed by atoms with E-state index >= 15 is 0 Å². The van der Waals surface area contributed by atoms with Crippen molar-refractivity contribution in [3.05, 3.63) is 29.6 Å². The summed E-state index contributed by atoms with van der Waals surface area (Å²) in [5.74, 6) is -1.14. The SMILES string of the molecule is O=C(O)CCc1ccc(NC2CCCCC2)c(F)c1. The maximum absolute atomic E-state index is 13.9. The molecule has 0 atom stereocenters. The Morgan fingerprint density at radius 1 is 1.32 bits per heavy atom. The van der Waals surface area contributed by atoms with E-state index in [9.17, 15) is 9.18 Å². The van der Waals surface area contributed by atoms with Crippen LogP contribution < -0.4 is 5.32 Å². The molecule has 1 fully saturated rings. The fourth-order valence-electron chi connectivity index (χ4n) is 2.55. The highest BCUT2D eigenvalue weighted by Crippen LogP contribution is 2.24. The van der Waals surface area contributed by atoms with Gasteiger partial charge in [-0.2, -0.15) is 0 Å². The summed E-state index contributed by atoms with van der Waals surface area (Å²) in [6, 6.07) is 5.33. The van der Waals surface area contributed by atoms with Crippen LogP contribution in [0, 0.1) is 5.82 Å². The minimum absolute atomic E-state index is 0.0365. The predicted molar refractivity (Wildman–Crippen MR) is 72.9 cm³/mol. The van der Waals surface area contributed by atoms with Crippen molar-refractivity contribution < 1.29 is 14.3 Å². The van der Waals surface area contributed by atoms with Crippen molar-refractivity contribution in [1.82, 2.24) is 0 Å². The Bertz CT molecular complexity index is 442. The Labute approximate surface area is 112 Å². The Morgan fingerprint density at radius 3 is 2.68 bits per heavy atom. The second-order valence-corrected chi connectivity index (χ2v) is 5.19. The minimum atomic E-state index is -0.857. The Kier molecular flexibility index (Phi) is 4.77. The summed E-state index contributed by atoms with van der Waals surface area (Å²) in [6.07, 6.45) is 6.28. The molecule has 0 amide bonds. The number of aliphatic carboxylic acids is 1. The molecule has 4 heteroatoms. The summed E-state index contributed by atoms with van der Waals surface area (Å²) >= 11 is 0. The minimum Gasteiger partial charge on any atom is -0.481 e. The van der Waals surface area contributed by atoms with Gasteiger partial charge in [-0.05, 0) is 37.0 Å². The highest BCUT2D eigenvalue weighted by atomic mass is 19.1. The first-order valence-electron chi connectivity index (χ1n) is 6.92. The van der Waals surface area contributed by atoms with E-state index in [2.05, 4.69) is 5.32 Å². The summed E-state index contributed by atoms with van der Waals surface area (Å²) < 4.78 is 13.9. The van der Waals surface area contributed by atoms with E-state index in [1.807, 2.05) is 0 Å². The average Bonchev–Trinajstić information content (AvgIpc) is 2.40. The number of carbonyl (C=O) groups is 1. The van der Waals surface area contributed by atoms with Crippen LogP contribution in [0.3, 0.4) is 0 Å². The van der Waals surface area contributed by atoms with Gasteiger partial charge in [0.1, 0.15) is 5.82 Å². The fourth-order valence-corrected chi connectivity index (χ4v) is 2.55. The van der Waals surface area contributed by atoms with Gasteiger partial charge in [0.05, 0.1) is 5.69 Å². The zero-order valence-electron chi connectivity index (χ0n) is 11.0.